The van der Waals surface area contributed by atoms with Crippen molar-refractivity contribution in [2.24, 2.45) is 7.05 Å². The number of fused-ring (bicyclic) bond motifs is 4. The molecule has 0 unspecified atom stereocenters. The highest BCUT2D eigenvalue weighted by Crippen LogP contribution is 2.49. The van der Waals surface area contributed by atoms with E-state index in [-0.39, 0.29) is 10.8 Å². The summed E-state index contributed by atoms with van der Waals surface area (Å²) in [5.74, 6) is 0. The Labute approximate surface area is 234 Å². The smallest absolute Gasteiger partial charge is 0.216 e. The lowest BCUT2D eigenvalue weighted by Gasteiger charge is -2.39. The lowest BCUT2D eigenvalue weighted by Crippen LogP contribution is -2.30. The molecule has 0 saturated heterocycles. The highest BCUT2D eigenvalue weighted by atomic mass is 16.3. The minimum atomic E-state index is -1.54. The molecule has 0 N–H and O–H groups in total. The summed E-state index contributed by atoms with van der Waals surface area (Å²) in [6, 6.07) is 20.8. The Bertz CT molecular complexity index is 1920. The zero-order chi connectivity index (χ0) is 29.5. The average Bonchev–Trinajstić information content (AvgIpc) is 3.28. The summed E-state index contributed by atoms with van der Waals surface area (Å²) in [6.07, 6.45) is 1.68. The van der Waals surface area contributed by atoms with Gasteiger partial charge in [0.1, 0.15) is 18.2 Å². The van der Waals surface area contributed by atoms with Gasteiger partial charge in [-0.15, -0.1) is 0 Å². The van der Waals surface area contributed by atoms with Gasteiger partial charge in [0, 0.05) is 31.2 Å². The summed E-state index contributed by atoms with van der Waals surface area (Å²) in [5, 5.41) is 12.3. The quantitative estimate of drug-likeness (QED) is 0.220. The third-order valence-electron chi connectivity index (χ3n) is 8.46. The first-order valence-electron chi connectivity index (χ1n) is 14.8. The van der Waals surface area contributed by atoms with Crippen LogP contribution in [0.15, 0.2) is 65.2 Å². The normalized spacial score (nSPS) is 17.0. The van der Waals surface area contributed by atoms with Crippen molar-refractivity contribution in [3.63, 3.8) is 0 Å². The van der Waals surface area contributed by atoms with Gasteiger partial charge in [0.05, 0.1) is 17.2 Å². The van der Waals surface area contributed by atoms with Crippen molar-refractivity contribution in [1.29, 1.82) is 5.26 Å². The van der Waals surface area contributed by atoms with Crippen LogP contribution in [0.4, 0.5) is 0 Å². The number of hydrogen-bond donors (Lipinski definition) is 0. The Morgan fingerprint density at radius 1 is 0.974 bits per heavy atom. The molecule has 6 rings (SSSR count). The van der Waals surface area contributed by atoms with Gasteiger partial charge in [0.25, 0.3) is 0 Å². The second-order valence-electron chi connectivity index (χ2n) is 12.6. The SMILES string of the molecule is [2H]C1([2H])CCC(C)(C)c2c(C(C)(C)C)ccc(-c3c(C#N)ccc4c3oc3c(-c5cccc[n+]5C)c(C)ccc34)c21. The molecule has 3 heteroatoms. The molecule has 0 amide bonds. The minimum absolute atomic E-state index is 0.158. The molecule has 196 valence electrons. The van der Waals surface area contributed by atoms with E-state index in [1.807, 2.05) is 43.6 Å². The molecular formula is C36H37N2O+. The maximum absolute atomic E-state index is 10.4. The van der Waals surface area contributed by atoms with Crippen LogP contribution in [0.25, 0.3) is 44.3 Å². The van der Waals surface area contributed by atoms with Gasteiger partial charge in [-0.05, 0) is 83.0 Å². The lowest BCUT2D eigenvalue weighted by atomic mass is 9.65. The highest BCUT2D eigenvalue weighted by molar-refractivity contribution is 6.14. The monoisotopic (exact) mass is 515 g/mol. The van der Waals surface area contributed by atoms with Crippen LogP contribution in [-0.2, 0) is 24.3 Å². The van der Waals surface area contributed by atoms with E-state index in [1.165, 1.54) is 0 Å². The van der Waals surface area contributed by atoms with Gasteiger partial charge in [-0.25, -0.2) is 4.57 Å². The summed E-state index contributed by atoms with van der Waals surface area (Å²) in [4.78, 5) is 0. The summed E-state index contributed by atoms with van der Waals surface area (Å²) in [7, 11) is 2.03. The number of hydrogen-bond acceptors (Lipinski definition) is 2. The number of benzene rings is 3. The van der Waals surface area contributed by atoms with Gasteiger partial charge in [-0.2, -0.15) is 5.26 Å². The molecule has 0 saturated carbocycles. The van der Waals surface area contributed by atoms with Gasteiger partial charge in [-0.1, -0.05) is 58.9 Å². The second-order valence-corrected chi connectivity index (χ2v) is 12.6. The van der Waals surface area contributed by atoms with Crippen LogP contribution in [0, 0.1) is 18.3 Å². The topological polar surface area (TPSA) is 40.8 Å². The molecule has 1 aliphatic carbocycles. The fourth-order valence-corrected chi connectivity index (χ4v) is 6.41. The summed E-state index contributed by atoms with van der Waals surface area (Å²) >= 11 is 0. The first-order chi connectivity index (χ1) is 19.3. The van der Waals surface area contributed by atoms with Crippen molar-refractivity contribution in [1.82, 2.24) is 0 Å². The van der Waals surface area contributed by atoms with Crippen molar-refractivity contribution < 1.29 is 11.7 Å². The molecule has 3 aromatic carbocycles. The second kappa shape index (κ2) is 8.82. The zero-order valence-corrected chi connectivity index (χ0v) is 24.0. The third-order valence-corrected chi connectivity index (χ3v) is 8.46. The van der Waals surface area contributed by atoms with Gasteiger partial charge < -0.3 is 4.42 Å². The van der Waals surface area contributed by atoms with Crippen LogP contribution in [0.3, 0.4) is 0 Å². The van der Waals surface area contributed by atoms with E-state index in [2.05, 4.69) is 76.4 Å². The molecule has 0 aliphatic heterocycles. The van der Waals surface area contributed by atoms with Crippen molar-refractivity contribution in [2.45, 2.75) is 71.6 Å². The fraction of sp³-hybridized carbons (Fsp3) is 0.333. The van der Waals surface area contributed by atoms with E-state index >= 15 is 0 Å². The molecule has 0 radical (unpaired) electrons. The number of aryl methyl sites for hydroxylation is 2. The number of nitrogens with zero attached hydrogens (tertiary/aromatic N) is 2. The summed E-state index contributed by atoms with van der Waals surface area (Å²) in [5.41, 5.74) is 9.08. The third kappa shape index (κ3) is 3.89. The lowest BCUT2D eigenvalue weighted by molar-refractivity contribution is -0.660. The van der Waals surface area contributed by atoms with E-state index in [0.717, 1.165) is 56.3 Å². The van der Waals surface area contributed by atoms with E-state index in [0.29, 0.717) is 28.7 Å². The number of pyridine rings is 1. The number of aromatic nitrogens is 1. The molecule has 3 nitrogen and oxygen atoms in total. The molecule has 2 heterocycles. The molecular weight excluding hydrogens is 476 g/mol. The minimum Gasteiger partial charge on any atom is -0.454 e. The first kappa shape index (κ1) is 23.0. The Hall–Kier alpha value is -3.90. The number of rotatable bonds is 2. The number of furan rings is 1. The van der Waals surface area contributed by atoms with Gasteiger partial charge in [0.15, 0.2) is 6.20 Å². The Balaban J connectivity index is 1.78. The van der Waals surface area contributed by atoms with Crippen LogP contribution in [0.1, 0.15) is 78.0 Å². The summed E-state index contributed by atoms with van der Waals surface area (Å²) in [6.45, 7) is 13.1. The molecule has 2 aromatic heterocycles. The Morgan fingerprint density at radius 3 is 2.38 bits per heavy atom. The largest absolute Gasteiger partial charge is 0.454 e. The van der Waals surface area contributed by atoms with Crippen molar-refractivity contribution in [2.75, 3.05) is 0 Å². The van der Waals surface area contributed by atoms with Crippen LogP contribution in [-0.4, -0.2) is 0 Å². The standard InChI is InChI=1S/C36H37N2O/c1-22-13-15-26-27-16-14-23(21-37)31(34(27)39-33(26)30(22)29-12-8-9-20-38(29)7)24-17-18-28(35(2,3)4)32-25(24)11-10-19-36(32,5)6/h8-9,12-18,20H,10-11,19H2,1-7H3/q+1/i11D2. The predicted molar refractivity (Wildman–Crippen MR) is 160 cm³/mol. The molecule has 0 spiro atoms. The molecule has 5 aromatic rings. The van der Waals surface area contributed by atoms with Crippen molar-refractivity contribution in [3.05, 3.63) is 88.6 Å². The van der Waals surface area contributed by atoms with E-state index in [9.17, 15) is 8.00 Å². The van der Waals surface area contributed by atoms with Crippen LogP contribution in [0.2, 0.25) is 0 Å². The molecule has 39 heavy (non-hydrogen) atoms. The van der Waals surface area contributed by atoms with Crippen molar-refractivity contribution >= 4 is 21.9 Å². The molecule has 1 aliphatic rings. The van der Waals surface area contributed by atoms with E-state index in [4.69, 9.17) is 4.42 Å². The molecule has 0 atom stereocenters. The fourth-order valence-electron chi connectivity index (χ4n) is 6.41. The van der Waals surface area contributed by atoms with Crippen molar-refractivity contribution in [3.8, 4) is 28.5 Å². The van der Waals surface area contributed by atoms with Crippen LogP contribution in [0.5, 0.6) is 0 Å². The molecule has 0 fully saturated rings. The first-order valence-corrected chi connectivity index (χ1v) is 13.8. The van der Waals surface area contributed by atoms with Gasteiger partial charge >= 0.3 is 0 Å². The molecule has 0 bridgehead atoms. The van der Waals surface area contributed by atoms with E-state index in [1.54, 1.807) is 0 Å². The Kier molecular flexibility index (Phi) is 5.21. The van der Waals surface area contributed by atoms with E-state index < -0.39 is 6.37 Å². The van der Waals surface area contributed by atoms with Gasteiger partial charge in [0.2, 0.25) is 5.69 Å². The predicted octanol–water partition coefficient (Wildman–Crippen LogP) is 8.84. The maximum Gasteiger partial charge on any atom is 0.216 e. The highest BCUT2D eigenvalue weighted by Gasteiger charge is 2.35. The number of nitriles is 1. The van der Waals surface area contributed by atoms with Gasteiger partial charge in [-0.3, -0.25) is 0 Å². The zero-order valence-electron chi connectivity index (χ0n) is 26.0. The van der Waals surface area contributed by atoms with Crippen LogP contribution >= 0.6 is 0 Å². The maximum atomic E-state index is 10.4. The average molecular weight is 516 g/mol. The van der Waals surface area contributed by atoms with Crippen LogP contribution < -0.4 is 4.57 Å². The summed E-state index contributed by atoms with van der Waals surface area (Å²) < 4.78 is 27.5. The Morgan fingerprint density at radius 2 is 1.69 bits per heavy atom.